The normalized spacial score (nSPS) is 24.3. The third kappa shape index (κ3) is 4.73. The molecule has 0 radical (unpaired) electrons. The van der Waals surface area contributed by atoms with Crippen LogP contribution in [-0.4, -0.2) is 30.1 Å². The van der Waals surface area contributed by atoms with Crippen LogP contribution in [0.3, 0.4) is 0 Å². The summed E-state index contributed by atoms with van der Waals surface area (Å²) < 4.78 is 0. The Balaban J connectivity index is 1.18. The average molecular weight is 496 g/mol. The number of hydrogen-bond acceptors (Lipinski definition) is 4. The second-order valence-corrected chi connectivity index (χ2v) is 11.2. The summed E-state index contributed by atoms with van der Waals surface area (Å²) in [4.78, 5) is 13.5. The second-order valence-electron chi connectivity index (χ2n) is 11.2. The van der Waals surface area contributed by atoms with E-state index in [0.717, 1.165) is 55.6 Å². The number of rotatable bonds is 4. The predicted molar refractivity (Wildman–Crippen MR) is 148 cm³/mol. The lowest BCUT2D eigenvalue weighted by Crippen LogP contribution is -2.47. The molecule has 5 heteroatoms. The highest BCUT2D eigenvalue weighted by Gasteiger charge is 2.31. The van der Waals surface area contributed by atoms with E-state index in [9.17, 15) is 9.90 Å². The zero-order chi connectivity index (χ0) is 25.5. The first-order valence-electron chi connectivity index (χ1n) is 13.8. The summed E-state index contributed by atoms with van der Waals surface area (Å²) in [6, 6.07) is 19.0. The average Bonchev–Trinajstić information content (AvgIpc) is 3.05. The number of carbonyl (C=O) groups is 1. The highest BCUT2D eigenvalue weighted by atomic mass is 16.3. The molecule has 0 spiro atoms. The van der Waals surface area contributed by atoms with Gasteiger partial charge in [0.05, 0.1) is 12.1 Å². The Morgan fingerprint density at radius 3 is 2.76 bits per heavy atom. The Kier molecular flexibility index (Phi) is 6.41. The summed E-state index contributed by atoms with van der Waals surface area (Å²) in [5.74, 6) is 1.54. The summed E-state index contributed by atoms with van der Waals surface area (Å²) in [6.07, 6.45) is 4.53. The molecule has 4 atom stereocenters. The van der Waals surface area contributed by atoms with Crippen molar-refractivity contribution in [3.63, 3.8) is 0 Å². The Hall–Kier alpha value is -3.31. The molecule has 3 aromatic carbocycles. The molecule has 0 fully saturated rings. The number of hydrogen-bond donors (Lipinski definition) is 4. The molecule has 5 nitrogen and oxygen atoms in total. The van der Waals surface area contributed by atoms with Gasteiger partial charge in [0.25, 0.3) is 0 Å². The minimum absolute atomic E-state index is 0.00679. The van der Waals surface area contributed by atoms with Crippen molar-refractivity contribution in [1.82, 2.24) is 10.6 Å². The van der Waals surface area contributed by atoms with Gasteiger partial charge in [0, 0.05) is 12.2 Å². The van der Waals surface area contributed by atoms with Crippen LogP contribution in [0.1, 0.15) is 64.2 Å². The standard InChI is InChI=1S/C32H37N3O2/c1-19-13-25(36)17-23-9-11-34-31(18-27(19)23)32(37)35-30-10-12-33-29-8-7-21(15-28(29)30)14-24-16-22-5-3-4-6-26(22)20(24)2/h3-8,13,15,17,20,24,30-31,33-34,36H,9-12,14,16,18H2,1-2H3,(H,35,37). The number of phenols is 1. The van der Waals surface area contributed by atoms with Crippen molar-refractivity contribution in [2.45, 2.75) is 64.0 Å². The summed E-state index contributed by atoms with van der Waals surface area (Å²) in [6.45, 7) is 5.96. The van der Waals surface area contributed by atoms with E-state index in [4.69, 9.17) is 0 Å². The van der Waals surface area contributed by atoms with Gasteiger partial charge in [0.15, 0.2) is 0 Å². The minimum Gasteiger partial charge on any atom is -0.508 e. The number of carbonyl (C=O) groups excluding carboxylic acids is 1. The molecule has 1 amide bonds. The van der Waals surface area contributed by atoms with Gasteiger partial charge < -0.3 is 21.1 Å². The maximum Gasteiger partial charge on any atom is 0.237 e. The van der Waals surface area contributed by atoms with Crippen LogP contribution in [0.25, 0.3) is 0 Å². The van der Waals surface area contributed by atoms with E-state index in [2.05, 4.69) is 65.3 Å². The fraction of sp³-hybridized carbons (Fsp3) is 0.406. The van der Waals surface area contributed by atoms with Gasteiger partial charge in [-0.25, -0.2) is 0 Å². The maximum atomic E-state index is 13.5. The molecular formula is C32H37N3O2. The molecule has 3 aromatic rings. The topological polar surface area (TPSA) is 73.4 Å². The lowest BCUT2D eigenvalue weighted by Gasteiger charge is -2.30. The summed E-state index contributed by atoms with van der Waals surface area (Å²) >= 11 is 0. The summed E-state index contributed by atoms with van der Waals surface area (Å²) in [7, 11) is 0. The van der Waals surface area contributed by atoms with E-state index in [1.807, 2.05) is 13.0 Å². The summed E-state index contributed by atoms with van der Waals surface area (Å²) in [5.41, 5.74) is 10.1. The van der Waals surface area contributed by atoms with Crippen molar-refractivity contribution in [2.24, 2.45) is 5.92 Å². The number of fused-ring (bicyclic) bond motifs is 3. The molecule has 0 saturated heterocycles. The highest BCUT2D eigenvalue weighted by molar-refractivity contribution is 5.83. The van der Waals surface area contributed by atoms with Crippen LogP contribution < -0.4 is 16.0 Å². The molecular weight excluding hydrogens is 458 g/mol. The largest absolute Gasteiger partial charge is 0.508 e. The van der Waals surface area contributed by atoms with Gasteiger partial charge in [-0.05, 0) is 115 Å². The second kappa shape index (κ2) is 9.86. The molecule has 2 aliphatic heterocycles. The number of aryl methyl sites for hydroxylation is 1. The molecule has 6 rings (SSSR count). The SMILES string of the molecule is Cc1cc(O)cc2c1CC(C(=O)NC1CCNc3ccc(CC4Cc5ccccc5C4C)cc31)NCC2. The van der Waals surface area contributed by atoms with E-state index in [0.29, 0.717) is 24.0 Å². The zero-order valence-corrected chi connectivity index (χ0v) is 21.8. The van der Waals surface area contributed by atoms with Gasteiger partial charge in [-0.15, -0.1) is 0 Å². The van der Waals surface area contributed by atoms with Gasteiger partial charge >= 0.3 is 0 Å². The first-order valence-corrected chi connectivity index (χ1v) is 13.8. The number of benzene rings is 3. The van der Waals surface area contributed by atoms with E-state index in [-0.39, 0.29) is 18.0 Å². The molecule has 192 valence electrons. The first kappa shape index (κ1) is 24.1. The van der Waals surface area contributed by atoms with Crippen LogP contribution >= 0.6 is 0 Å². The van der Waals surface area contributed by atoms with Crippen molar-refractivity contribution >= 4 is 11.6 Å². The molecule has 3 aliphatic rings. The molecule has 0 bridgehead atoms. The number of amides is 1. The van der Waals surface area contributed by atoms with Crippen molar-refractivity contribution in [1.29, 1.82) is 0 Å². The van der Waals surface area contributed by atoms with Crippen LogP contribution in [0.2, 0.25) is 0 Å². The van der Waals surface area contributed by atoms with Crippen LogP contribution in [-0.2, 0) is 30.5 Å². The summed E-state index contributed by atoms with van der Waals surface area (Å²) in [5, 5.41) is 20.4. The van der Waals surface area contributed by atoms with Gasteiger partial charge in [-0.2, -0.15) is 0 Å². The molecule has 0 aromatic heterocycles. The van der Waals surface area contributed by atoms with Crippen molar-refractivity contribution < 1.29 is 9.90 Å². The Labute approximate surface area is 219 Å². The third-order valence-corrected chi connectivity index (χ3v) is 8.85. The quantitative estimate of drug-likeness (QED) is 0.413. The van der Waals surface area contributed by atoms with Crippen LogP contribution in [0.4, 0.5) is 5.69 Å². The van der Waals surface area contributed by atoms with Crippen LogP contribution in [0.15, 0.2) is 54.6 Å². The predicted octanol–water partition coefficient (Wildman–Crippen LogP) is 4.95. The van der Waals surface area contributed by atoms with E-state index < -0.39 is 0 Å². The molecule has 4 N–H and O–H groups in total. The molecule has 37 heavy (non-hydrogen) atoms. The maximum absolute atomic E-state index is 13.5. The Morgan fingerprint density at radius 2 is 1.89 bits per heavy atom. The zero-order valence-electron chi connectivity index (χ0n) is 21.8. The molecule has 4 unspecified atom stereocenters. The number of nitrogens with one attached hydrogen (secondary N) is 3. The Morgan fingerprint density at radius 1 is 1.03 bits per heavy atom. The minimum atomic E-state index is -0.274. The lowest BCUT2D eigenvalue weighted by molar-refractivity contribution is -0.123. The van der Waals surface area contributed by atoms with Crippen molar-refractivity contribution in [2.75, 3.05) is 18.4 Å². The molecule has 2 heterocycles. The van der Waals surface area contributed by atoms with Crippen molar-refractivity contribution in [3.05, 3.63) is 93.5 Å². The first-order chi connectivity index (χ1) is 18.0. The smallest absolute Gasteiger partial charge is 0.237 e. The highest BCUT2D eigenvalue weighted by Crippen LogP contribution is 2.40. The number of aromatic hydroxyl groups is 1. The van der Waals surface area contributed by atoms with E-state index in [1.165, 1.54) is 27.8 Å². The van der Waals surface area contributed by atoms with Gasteiger partial charge in [-0.1, -0.05) is 43.3 Å². The fourth-order valence-corrected chi connectivity index (χ4v) is 6.77. The van der Waals surface area contributed by atoms with Crippen molar-refractivity contribution in [3.8, 4) is 5.75 Å². The van der Waals surface area contributed by atoms with Gasteiger partial charge in [-0.3, -0.25) is 4.79 Å². The Bertz CT molecular complexity index is 1330. The number of phenolic OH excluding ortho intramolecular Hbond substituents is 1. The molecule has 0 saturated carbocycles. The van der Waals surface area contributed by atoms with Gasteiger partial charge in [0.1, 0.15) is 5.75 Å². The van der Waals surface area contributed by atoms with Crippen LogP contribution in [0.5, 0.6) is 5.75 Å². The number of anilines is 1. The monoisotopic (exact) mass is 495 g/mol. The third-order valence-electron chi connectivity index (χ3n) is 8.85. The van der Waals surface area contributed by atoms with E-state index >= 15 is 0 Å². The van der Waals surface area contributed by atoms with Crippen LogP contribution in [0, 0.1) is 12.8 Å². The molecule has 1 aliphatic carbocycles. The fourth-order valence-electron chi connectivity index (χ4n) is 6.77. The van der Waals surface area contributed by atoms with E-state index in [1.54, 1.807) is 6.07 Å². The van der Waals surface area contributed by atoms with Gasteiger partial charge in [0.2, 0.25) is 5.91 Å². The lowest BCUT2D eigenvalue weighted by atomic mass is 9.87.